The summed E-state index contributed by atoms with van der Waals surface area (Å²) in [5, 5.41) is 0. The number of hydrogen-bond acceptors (Lipinski definition) is 2. The van der Waals surface area contributed by atoms with Gasteiger partial charge in [0.15, 0.2) is 5.78 Å². The molecule has 102 valence electrons. The first-order valence-corrected chi connectivity index (χ1v) is 7.58. The minimum Gasteiger partial charge on any atom is -0.378 e. The van der Waals surface area contributed by atoms with E-state index in [1.54, 1.807) is 0 Å². The molecule has 2 aliphatic rings. The Balaban J connectivity index is 1.54. The van der Waals surface area contributed by atoms with Crippen LogP contribution in [-0.2, 0) is 11.2 Å². The number of hydrogen-bond donors (Lipinski definition) is 0. The first-order chi connectivity index (χ1) is 9.34. The van der Waals surface area contributed by atoms with Gasteiger partial charge < -0.3 is 4.74 Å². The van der Waals surface area contributed by atoms with Crippen LogP contribution in [0.5, 0.6) is 0 Å². The van der Waals surface area contributed by atoms with Crippen molar-refractivity contribution in [2.24, 2.45) is 5.92 Å². The number of carbonyl (C=O) groups excluding carboxylic acids is 1. The fourth-order valence-corrected chi connectivity index (χ4v) is 3.40. The summed E-state index contributed by atoms with van der Waals surface area (Å²) in [5.41, 5.74) is 2.21. The van der Waals surface area contributed by atoms with E-state index >= 15 is 0 Å². The lowest BCUT2D eigenvalue weighted by Crippen LogP contribution is -2.22. The van der Waals surface area contributed by atoms with Gasteiger partial charge in [-0.15, -0.1) is 0 Å². The van der Waals surface area contributed by atoms with Gasteiger partial charge in [0.25, 0.3) is 0 Å². The molecule has 0 aromatic heterocycles. The lowest BCUT2D eigenvalue weighted by atomic mass is 9.80. The van der Waals surface area contributed by atoms with Crippen molar-refractivity contribution in [3.8, 4) is 0 Å². The zero-order valence-electron chi connectivity index (χ0n) is 11.4. The first-order valence-electron chi connectivity index (χ1n) is 7.58. The summed E-state index contributed by atoms with van der Waals surface area (Å²) in [5.74, 6) is 0.616. The molecule has 19 heavy (non-hydrogen) atoms. The number of aryl methyl sites for hydroxylation is 1. The highest BCUT2D eigenvalue weighted by Gasteiger charge is 2.27. The predicted octanol–water partition coefficient (Wildman–Crippen LogP) is 3.78. The second kappa shape index (κ2) is 5.87. The Labute approximate surface area is 115 Å². The molecule has 0 radical (unpaired) electrons. The average Bonchev–Trinajstić information content (AvgIpc) is 2.95. The highest BCUT2D eigenvalue weighted by atomic mass is 16.5. The van der Waals surface area contributed by atoms with Crippen LogP contribution in [-0.4, -0.2) is 18.5 Å². The topological polar surface area (TPSA) is 26.3 Å². The van der Waals surface area contributed by atoms with E-state index in [1.807, 2.05) is 18.2 Å². The number of ketones is 1. The van der Waals surface area contributed by atoms with E-state index in [4.69, 9.17) is 4.74 Å². The summed E-state index contributed by atoms with van der Waals surface area (Å²) >= 11 is 0. The average molecular weight is 258 g/mol. The molecule has 0 bridgehead atoms. The number of benzene rings is 1. The molecule has 1 aliphatic heterocycles. The molecule has 2 atom stereocenters. The molecule has 1 saturated heterocycles. The fourth-order valence-electron chi connectivity index (χ4n) is 3.40. The van der Waals surface area contributed by atoms with Gasteiger partial charge in [0, 0.05) is 18.1 Å². The Hall–Kier alpha value is -1.15. The quantitative estimate of drug-likeness (QED) is 0.821. The Morgan fingerprint density at radius 3 is 2.89 bits per heavy atom. The highest BCUT2D eigenvalue weighted by molar-refractivity contribution is 6.00. The van der Waals surface area contributed by atoms with E-state index in [0.717, 1.165) is 44.3 Å². The number of carbonyl (C=O) groups is 1. The van der Waals surface area contributed by atoms with E-state index in [0.29, 0.717) is 11.9 Å². The number of Topliss-reactive ketones (excluding diaryl/α,β-unsaturated/α-hetero) is 1. The summed E-state index contributed by atoms with van der Waals surface area (Å²) in [6.45, 7) is 0.931. The number of rotatable bonds is 4. The van der Waals surface area contributed by atoms with Gasteiger partial charge in [-0.25, -0.2) is 0 Å². The maximum Gasteiger partial charge on any atom is 0.166 e. The zero-order valence-corrected chi connectivity index (χ0v) is 11.4. The van der Waals surface area contributed by atoms with Crippen LogP contribution in [0.3, 0.4) is 0 Å². The third kappa shape index (κ3) is 2.89. The Morgan fingerprint density at radius 1 is 1.16 bits per heavy atom. The summed E-state index contributed by atoms with van der Waals surface area (Å²) < 4.78 is 5.64. The van der Waals surface area contributed by atoms with Crippen molar-refractivity contribution < 1.29 is 9.53 Å². The minimum atomic E-state index is 0.247. The zero-order chi connectivity index (χ0) is 13.1. The number of ether oxygens (including phenoxy) is 1. The maximum atomic E-state index is 12.4. The molecule has 2 unspecified atom stereocenters. The lowest BCUT2D eigenvalue weighted by molar-refractivity contribution is 0.0861. The second-order valence-corrected chi connectivity index (χ2v) is 5.82. The van der Waals surface area contributed by atoms with Crippen LogP contribution < -0.4 is 0 Å². The number of fused-ring (bicyclic) bond motifs is 1. The van der Waals surface area contributed by atoms with Crippen LogP contribution >= 0.6 is 0 Å². The van der Waals surface area contributed by atoms with Crippen molar-refractivity contribution in [3.63, 3.8) is 0 Å². The van der Waals surface area contributed by atoms with Crippen LogP contribution in [0.4, 0.5) is 0 Å². The third-order valence-corrected chi connectivity index (χ3v) is 4.52. The van der Waals surface area contributed by atoms with Gasteiger partial charge in [0.1, 0.15) is 0 Å². The van der Waals surface area contributed by atoms with Gasteiger partial charge in [0.05, 0.1) is 6.10 Å². The Morgan fingerprint density at radius 2 is 2.05 bits per heavy atom. The lowest BCUT2D eigenvalue weighted by Gasteiger charge is -2.23. The van der Waals surface area contributed by atoms with Gasteiger partial charge in [-0.05, 0) is 44.1 Å². The van der Waals surface area contributed by atoms with Crippen molar-refractivity contribution in [3.05, 3.63) is 35.4 Å². The highest BCUT2D eigenvalue weighted by Crippen LogP contribution is 2.29. The molecule has 1 aromatic rings. The van der Waals surface area contributed by atoms with E-state index in [9.17, 15) is 4.79 Å². The SMILES string of the molecule is O=C1c2ccccc2CCC1CCCC1CCCO1. The molecule has 0 spiro atoms. The van der Waals surface area contributed by atoms with Crippen molar-refractivity contribution in [1.82, 2.24) is 0 Å². The molecular formula is C17H22O2. The van der Waals surface area contributed by atoms with Crippen LogP contribution in [0.1, 0.15) is 54.4 Å². The normalized spacial score (nSPS) is 26.4. The Bertz CT molecular complexity index is 446. The van der Waals surface area contributed by atoms with Crippen molar-refractivity contribution in [1.29, 1.82) is 0 Å². The van der Waals surface area contributed by atoms with Gasteiger partial charge in [0.2, 0.25) is 0 Å². The van der Waals surface area contributed by atoms with Crippen LogP contribution in [0.15, 0.2) is 24.3 Å². The van der Waals surface area contributed by atoms with Crippen molar-refractivity contribution in [2.45, 2.75) is 51.0 Å². The summed E-state index contributed by atoms with van der Waals surface area (Å²) in [4.78, 5) is 12.4. The second-order valence-electron chi connectivity index (χ2n) is 5.82. The molecule has 2 nitrogen and oxygen atoms in total. The molecule has 3 rings (SSSR count). The minimum absolute atomic E-state index is 0.247. The molecule has 1 heterocycles. The van der Waals surface area contributed by atoms with E-state index in [2.05, 4.69) is 6.07 Å². The van der Waals surface area contributed by atoms with Gasteiger partial charge in [-0.3, -0.25) is 4.79 Å². The summed E-state index contributed by atoms with van der Waals surface area (Å²) in [7, 11) is 0. The van der Waals surface area contributed by atoms with Crippen molar-refractivity contribution >= 4 is 5.78 Å². The van der Waals surface area contributed by atoms with Gasteiger partial charge in [-0.1, -0.05) is 30.7 Å². The molecule has 1 aromatic carbocycles. The largest absolute Gasteiger partial charge is 0.378 e. The third-order valence-electron chi connectivity index (χ3n) is 4.52. The summed E-state index contributed by atoms with van der Waals surface area (Å²) in [6, 6.07) is 8.09. The fraction of sp³-hybridized carbons (Fsp3) is 0.588. The molecule has 1 fully saturated rings. The first kappa shape index (κ1) is 12.9. The standard InChI is InChI=1S/C17H22O2/c18-17-14(6-3-7-15-8-4-12-19-15)11-10-13-5-1-2-9-16(13)17/h1-2,5,9,14-15H,3-4,6-8,10-12H2. The van der Waals surface area contributed by atoms with E-state index in [-0.39, 0.29) is 5.92 Å². The molecular weight excluding hydrogens is 236 g/mol. The molecule has 0 amide bonds. The van der Waals surface area contributed by atoms with Crippen molar-refractivity contribution in [2.75, 3.05) is 6.61 Å². The Kier molecular flexibility index (Phi) is 3.97. The molecule has 0 N–H and O–H groups in total. The maximum absolute atomic E-state index is 12.4. The molecule has 2 heteroatoms. The molecule has 0 saturated carbocycles. The van der Waals surface area contributed by atoms with Crippen LogP contribution in [0, 0.1) is 5.92 Å². The van der Waals surface area contributed by atoms with Crippen LogP contribution in [0.2, 0.25) is 0 Å². The molecule has 1 aliphatic carbocycles. The smallest absolute Gasteiger partial charge is 0.166 e. The van der Waals surface area contributed by atoms with Crippen LogP contribution in [0.25, 0.3) is 0 Å². The van der Waals surface area contributed by atoms with E-state index in [1.165, 1.54) is 18.4 Å². The monoisotopic (exact) mass is 258 g/mol. The summed E-state index contributed by atoms with van der Waals surface area (Å²) in [6.07, 6.45) is 8.27. The predicted molar refractivity (Wildman–Crippen MR) is 75.4 cm³/mol. The van der Waals surface area contributed by atoms with Gasteiger partial charge in [-0.2, -0.15) is 0 Å². The van der Waals surface area contributed by atoms with E-state index < -0.39 is 0 Å². The van der Waals surface area contributed by atoms with Gasteiger partial charge >= 0.3 is 0 Å².